The lowest BCUT2D eigenvalue weighted by molar-refractivity contribution is -0.125. The van der Waals surface area contributed by atoms with Crippen molar-refractivity contribution in [2.24, 2.45) is 5.92 Å². The molecule has 13 heteroatoms. The number of likely N-dealkylation sites (N-methyl/N-ethyl adjacent to an activating group) is 1. The number of hydrogen-bond acceptors (Lipinski definition) is 7. The molecule has 0 aliphatic heterocycles. The Morgan fingerprint density at radius 3 is 2.59 bits per heavy atom. The van der Waals surface area contributed by atoms with Gasteiger partial charge in [0.05, 0.1) is 18.3 Å². The zero-order chi connectivity index (χ0) is 30.3. The van der Waals surface area contributed by atoms with Crippen molar-refractivity contribution in [2.75, 3.05) is 33.5 Å². The van der Waals surface area contributed by atoms with Crippen LogP contribution in [0.15, 0.2) is 41.5 Å². The van der Waals surface area contributed by atoms with Crippen LogP contribution in [0.2, 0.25) is 0 Å². The van der Waals surface area contributed by atoms with Gasteiger partial charge in [-0.15, -0.1) is 0 Å². The molecule has 3 amide bonds. The van der Waals surface area contributed by atoms with Crippen molar-refractivity contribution in [1.29, 1.82) is 0 Å². The molecule has 3 rings (SSSR count). The fraction of sp³-hybridized carbons (Fsp3) is 0.429. The molecule has 0 bridgehead atoms. The van der Waals surface area contributed by atoms with E-state index >= 15 is 0 Å². The number of rotatable bonds is 11. The molecule has 0 unspecified atom stereocenters. The first-order valence-corrected chi connectivity index (χ1v) is 13.1. The quantitative estimate of drug-likeness (QED) is 0.338. The number of nitrogens with one attached hydrogen (secondary N) is 2. The van der Waals surface area contributed by atoms with E-state index < -0.39 is 29.5 Å². The summed E-state index contributed by atoms with van der Waals surface area (Å²) in [6.07, 6.45) is 4.54. The number of H-pyrrole nitrogens is 1. The molecule has 2 N–H and O–H groups in total. The third kappa shape index (κ3) is 8.22. The van der Waals surface area contributed by atoms with Gasteiger partial charge in [-0.05, 0) is 43.4 Å². The lowest BCUT2D eigenvalue weighted by Crippen LogP contribution is -2.37. The van der Waals surface area contributed by atoms with Crippen LogP contribution in [0.5, 0.6) is 0 Å². The van der Waals surface area contributed by atoms with Crippen molar-refractivity contribution in [3.8, 4) is 0 Å². The lowest BCUT2D eigenvalue weighted by Gasteiger charge is -2.19. The molecule has 1 atom stereocenters. The van der Waals surface area contributed by atoms with Gasteiger partial charge >= 0.3 is 6.09 Å². The van der Waals surface area contributed by atoms with Crippen molar-refractivity contribution in [2.45, 2.75) is 45.8 Å². The van der Waals surface area contributed by atoms with Crippen LogP contribution in [0.1, 0.15) is 38.1 Å². The Kier molecular flexibility index (Phi) is 10.3. The third-order valence-electron chi connectivity index (χ3n) is 6.03. The minimum absolute atomic E-state index is 0.0192. The van der Waals surface area contributed by atoms with Gasteiger partial charge in [0.15, 0.2) is 11.8 Å². The first kappa shape index (κ1) is 31.0. The van der Waals surface area contributed by atoms with Crippen molar-refractivity contribution in [1.82, 2.24) is 29.3 Å². The molecule has 0 fully saturated rings. The highest BCUT2D eigenvalue weighted by atomic mass is 19.1. The van der Waals surface area contributed by atoms with E-state index in [1.165, 1.54) is 46.8 Å². The molecule has 41 heavy (non-hydrogen) atoms. The number of carbonyl (C=O) groups is 3. The van der Waals surface area contributed by atoms with Gasteiger partial charge in [0.2, 0.25) is 5.91 Å². The van der Waals surface area contributed by atoms with Gasteiger partial charge in [-0.3, -0.25) is 14.4 Å². The van der Waals surface area contributed by atoms with Crippen LogP contribution in [0.3, 0.4) is 0 Å². The molecule has 0 radical (unpaired) electrons. The Bertz CT molecular complexity index is 1490. The van der Waals surface area contributed by atoms with Crippen LogP contribution in [0.4, 0.5) is 14.9 Å². The summed E-state index contributed by atoms with van der Waals surface area (Å²) >= 11 is 0. The minimum Gasteiger partial charge on any atom is -0.436 e. The minimum atomic E-state index is -1.22. The van der Waals surface area contributed by atoms with Crippen LogP contribution in [-0.4, -0.2) is 81.5 Å². The largest absolute Gasteiger partial charge is 0.436 e. The summed E-state index contributed by atoms with van der Waals surface area (Å²) in [5.74, 6) is -0.730. The van der Waals surface area contributed by atoms with Gasteiger partial charge < -0.3 is 29.4 Å². The van der Waals surface area contributed by atoms with Crippen molar-refractivity contribution >= 4 is 34.8 Å². The van der Waals surface area contributed by atoms with Crippen LogP contribution in [-0.2, 0) is 27.3 Å². The van der Waals surface area contributed by atoms with E-state index in [1.54, 1.807) is 26.2 Å². The number of nitrogens with zero attached hydrogens (tertiary/aromatic N) is 5. The number of anilines is 1. The molecule has 0 spiro atoms. The lowest BCUT2D eigenvalue weighted by atomic mass is 10.0. The number of ether oxygens (including phenoxy) is 1. The Hall–Kier alpha value is -4.55. The highest BCUT2D eigenvalue weighted by molar-refractivity contribution is 5.95. The van der Waals surface area contributed by atoms with E-state index in [2.05, 4.69) is 20.3 Å². The Labute approximate surface area is 237 Å². The molecule has 0 saturated heterocycles. The number of fused-ring (bicyclic) bond motifs is 1. The second kappa shape index (κ2) is 13.7. The van der Waals surface area contributed by atoms with Crippen molar-refractivity contribution in [3.63, 3.8) is 0 Å². The highest BCUT2D eigenvalue weighted by Crippen LogP contribution is 2.21. The van der Waals surface area contributed by atoms with E-state index in [0.29, 0.717) is 29.0 Å². The van der Waals surface area contributed by atoms with Gasteiger partial charge in [0, 0.05) is 40.0 Å². The van der Waals surface area contributed by atoms with Gasteiger partial charge in [0.1, 0.15) is 17.3 Å². The number of aromatic amines is 1. The number of imidazole rings is 1. The first-order valence-electron chi connectivity index (χ1n) is 13.1. The SMILES string of the molecule is CC(C)Cc1c(F)cnc2nc(Cn3cccc(NC(=O)[C@H](CC/C=C/C(=O)N(C)C)OC(=O)N(C)C)c3=O)[nH]c12. The number of pyridine rings is 2. The molecule has 0 aliphatic rings. The molecule has 0 aromatic carbocycles. The van der Waals surface area contributed by atoms with E-state index in [9.17, 15) is 23.6 Å². The maximum Gasteiger partial charge on any atom is 0.410 e. The standard InChI is InChI=1S/C28H36FN7O5/c1-17(2)14-18-19(29)15-30-25-24(18)32-22(33-25)16-36-13-9-10-20(27(36)39)31-26(38)21(41-28(40)35(5)6)11-7-8-12-23(37)34(3)4/h8-10,12-13,15,17,21H,7,11,14,16H2,1-6H3,(H,31,38)(H,30,32,33)/b12-8+/t21-/m0/s1. The zero-order valence-corrected chi connectivity index (χ0v) is 24.1. The first-order chi connectivity index (χ1) is 19.4. The summed E-state index contributed by atoms with van der Waals surface area (Å²) in [4.78, 5) is 64.4. The number of aromatic nitrogens is 4. The molecular formula is C28H36FN7O5. The fourth-order valence-corrected chi connectivity index (χ4v) is 3.90. The number of carbonyl (C=O) groups excluding carboxylic acids is 3. The van der Waals surface area contributed by atoms with Crippen LogP contribution < -0.4 is 10.9 Å². The smallest absolute Gasteiger partial charge is 0.410 e. The zero-order valence-electron chi connectivity index (χ0n) is 24.1. The Balaban J connectivity index is 1.79. The maximum atomic E-state index is 14.4. The molecule has 220 valence electrons. The molecular weight excluding hydrogens is 533 g/mol. The molecule has 3 aromatic heterocycles. The average Bonchev–Trinajstić information content (AvgIpc) is 3.32. The Morgan fingerprint density at radius 1 is 1.20 bits per heavy atom. The average molecular weight is 570 g/mol. The van der Waals surface area contributed by atoms with E-state index in [4.69, 9.17) is 4.74 Å². The molecule has 3 heterocycles. The van der Waals surface area contributed by atoms with E-state index in [-0.39, 0.29) is 36.9 Å². The summed E-state index contributed by atoms with van der Waals surface area (Å²) < 4.78 is 21.1. The van der Waals surface area contributed by atoms with Gasteiger partial charge in [-0.1, -0.05) is 19.9 Å². The second-order valence-electron chi connectivity index (χ2n) is 10.4. The summed E-state index contributed by atoms with van der Waals surface area (Å²) in [6.45, 7) is 3.99. The molecule has 0 saturated carbocycles. The molecule has 12 nitrogen and oxygen atoms in total. The second-order valence-corrected chi connectivity index (χ2v) is 10.4. The van der Waals surface area contributed by atoms with Crippen LogP contribution in [0, 0.1) is 11.7 Å². The highest BCUT2D eigenvalue weighted by Gasteiger charge is 2.24. The van der Waals surface area contributed by atoms with Gasteiger partial charge in [-0.2, -0.15) is 0 Å². The normalized spacial score (nSPS) is 12.1. The summed E-state index contributed by atoms with van der Waals surface area (Å²) in [7, 11) is 6.19. The third-order valence-corrected chi connectivity index (χ3v) is 6.03. The van der Waals surface area contributed by atoms with Crippen LogP contribution in [0.25, 0.3) is 11.2 Å². The molecule has 0 aliphatic carbocycles. The van der Waals surface area contributed by atoms with Crippen molar-refractivity contribution in [3.05, 3.63) is 64.2 Å². The van der Waals surface area contributed by atoms with E-state index in [1.807, 2.05) is 13.8 Å². The number of allylic oxidation sites excluding steroid dienone is 1. The fourth-order valence-electron chi connectivity index (χ4n) is 3.90. The summed E-state index contributed by atoms with van der Waals surface area (Å²) in [6, 6.07) is 3.02. The monoisotopic (exact) mass is 569 g/mol. The number of halogens is 1. The van der Waals surface area contributed by atoms with Gasteiger partial charge in [-0.25, -0.2) is 19.2 Å². The number of hydrogen-bond donors (Lipinski definition) is 2. The predicted octanol–water partition coefficient (Wildman–Crippen LogP) is 2.94. The van der Waals surface area contributed by atoms with Crippen molar-refractivity contribution < 1.29 is 23.5 Å². The van der Waals surface area contributed by atoms with Gasteiger partial charge in [0.25, 0.3) is 11.5 Å². The Morgan fingerprint density at radius 2 is 1.93 bits per heavy atom. The maximum absolute atomic E-state index is 14.4. The summed E-state index contributed by atoms with van der Waals surface area (Å²) in [5.41, 5.74) is 0.774. The number of amides is 3. The molecule has 3 aromatic rings. The summed E-state index contributed by atoms with van der Waals surface area (Å²) in [5, 5.41) is 2.55. The van der Waals surface area contributed by atoms with E-state index in [0.717, 1.165) is 6.20 Å². The van der Waals surface area contributed by atoms with Crippen LogP contribution >= 0.6 is 0 Å². The predicted molar refractivity (Wildman–Crippen MR) is 152 cm³/mol. The topological polar surface area (TPSA) is 143 Å².